The Labute approximate surface area is 198 Å². The number of nitrogens with one attached hydrogen (secondary N) is 4. The zero-order valence-corrected chi connectivity index (χ0v) is 19.5. The summed E-state index contributed by atoms with van der Waals surface area (Å²) < 4.78 is 13.1. The minimum atomic E-state index is -1.28. The SMILES string of the molecule is N=C(N)NCCCC(NC(=O)C1CCCCN1C(=O)[C@@H](NC(=O)O)C1CCCCC1)C(=O)CF. The number of carbonyl (C=O) groups excluding carboxylic acids is 3. The maximum absolute atomic E-state index is 13.5. The largest absolute Gasteiger partial charge is 0.465 e. The molecule has 0 radical (unpaired) electrons. The second-order valence-electron chi connectivity index (χ2n) is 9.01. The van der Waals surface area contributed by atoms with Crippen molar-refractivity contribution in [3.05, 3.63) is 0 Å². The zero-order chi connectivity index (χ0) is 25.1. The number of carbonyl (C=O) groups is 4. The van der Waals surface area contributed by atoms with Crippen molar-refractivity contribution in [2.45, 2.75) is 82.3 Å². The first kappa shape index (κ1) is 27.3. The van der Waals surface area contributed by atoms with Gasteiger partial charge in [0.25, 0.3) is 0 Å². The molecule has 2 rings (SSSR count). The van der Waals surface area contributed by atoms with Gasteiger partial charge in [0.15, 0.2) is 11.7 Å². The molecule has 1 aliphatic heterocycles. The molecule has 1 saturated heterocycles. The Hall–Kier alpha value is -2.92. The van der Waals surface area contributed by atoms with E-state index in [9.17, 15) is 28.7 Å². The van der Waals surface area contributed by atoms with Gasteiger partial charge < -0.3 is 31.7 Å². The standard InChI is InChI=1S/C22H37FN6O5/c23-13-17(30)15(9-6-11-26-21(24)25)27-19(31)16-10-4-5-12-29(16)20(32)18(28-22(33)34)14-7-2-1-3-8-14/h14-16,18,28H,1-13H2,(H,27,31)(H,33,34)(H4,24,25,26)/t15?,16?,18-/m0/s1. The zero-order valence-electron chi connectivity index (χ0n) is 19.5. The third-order valence-corrected chi connectivity index (χ3v) is 6.58. The van der Waals surface area contributed by atoms with Gasteiger partial charge in [-0.1, -0.05) is 19.3 Å². The molecule has 3 atom stereocenters. The van der Waals surface area contributed by atoms with Crippen molar-refractivity contribution in [1.29, 1.82) is 5.41 Å². The van der Waals surface area contributed by atoms with Gasteiger partial charge in [-0.3, -0.25) is 19.8 Å². The number of nitrogens with zero attached hydrogens (tertiary/aromatic N) is 1. The fraction of sp³-hybridized carbons (Fsp3) is 0.773. The molecule has 1 saturated carbocycles. The van der Waals surface area contributed by atoms with Gasteiger partial charge in [0, 0.05) is 13.1 Å². The molecule has 2 fully saturated rings. The van der Waals surface area contributed by atoms with Gasteiger partial charge in [0.1, 0.15) is 18.8 Å². The molecule has 0 aromatic carbocycles. The lowest BCUT2D eigenvalue weighted by atomic mass is 9.83. The van der Waals surface area contributed by atoms with E-state index in [-0.39, 0.29) is 18.3 Å². The molecule has 0 aromatic rings. The third-order valence-electron chi connectivity index (χ3n) is 6.58. The number of hydrogen-bond donors (Lipinski definition) is 6. The molecule has 7 N–H and O–H groups in total. The number of ketones is 1. The monoisotopic (exact) mass is 484 g/mol. The van der Waals surface area contributed by atoms with Crippen molar-refractivity contribution in [2.24, 2.45) is 11.7 Å². The second kappa shape index (κ2) is 13.7. The van der Waals surface area contributed by atoms with Crippen molar-refractivity contribution in [3.8, 4) is 0 Å². The third kappa shape index (κ3) is 8.14. The van der Waals surface area contributed by atoms with Crippen LogP contribution in [0.1, 0.15) is 64.2 Å². The summed E-state index contributed by atoms with van der Waals surface area (Å²) in [6.45, 7) is -0.629. The van der Waals surface area contributed by atoms with E-state index in [0.29, 0.717) is 38.8 Å². The summed E-state index contributed by atoms with van der Waals surface area (Å²) in [5, 5.41) is 24.0. The highest BCUT2D eigenvalue weighted by Gasteiger charge is 2.40. The molecule has 0 aromatic heterocycles. The molecule has 1 aliphatic carbocycles. The van der Waals surface area contributed by atoms with Gasteiger partial charge in [0.2, 0.25) is 11.8 Å². The summed E-state index contributed by atoms with van der Waals surface area (Å²) in [7, 11) is 0. The fourth-order valence-electron chi connectivity index (χ4n) is 4.83. The number of rotatable bonds is 11. The van der Waals surface area contributed by atoms with Crippen LogP contribution >= 0.6 is 0 Å². The van der Waals surface area contributed by atoms with E-state index in [1.54, 1.807) is 0 Å². The number of guanidine groups is 1. The van der Waals surface area contributed by atoms with Crippen molar-refractivity contribution in [2.75, 3.05) is 19.8 Å². The highest BCUT2D eigenvalue weighted by atomic mass is 19.1. The Bertz CT molecular complexity index is 745. The molecule has 3 amide bonds. The predicted molar refractivity (Wildman–Crippen MR) is 123 cm³/mol. The molecular weight excluding hydrogens is 447 g/mol. The molecule has 12 heteroatoms. The van der Waals surface area contributed by atoms with E-state index in [4.69, 9.17) is 11.1 Å². The van der Waals surface area contributed by atoms with Crippen molar-refractivity contribution >= 4 is 29.7 Å². The molecule has 0 spiro atoms. The number of hydrogen-bond acceptors (Lipinski definition) is 5. The lowest BCUT2D eigenvalue weighted by Crippen LogP contribution is -2.60. The molecule has 11 nitrogen and oxygen atoms in total. The van der Waals surface area contributed by atoms with Gasteiger partial charge in [-0.25, -0.2) is 9.18 Å². The lowest BCUT2D eigenvalue weighted by Gasteiger charge is -2.39. The fourth-order valence-corrected chi connectivity index (χ4v) is 4.83. The van der Waals surface area contributed by atoms with Gasteiger partial charge in [-0.2, -0.15) is 0 Å². The van der Waals surface area contributed by atoms with E-state index in [2.05, 4.69) is 16.0 Å². The first-order valence-electron chi connectivity index (χ1n) is 12.0. The van der Waals surface area contributed by atoms with E-state index >= 15 is 0 Å². The van der Waals surface area contributed by atoms with Crippen LogP contribution < -0.4 is 21.7 Å². The number of carboxylic acid groups (broad SMARTS) is 1. The number of amides is 3. The number of nitrogens with two attached hydrogens (primary N) is 1. The van der Waals surface area contributed by atoms with Gasteiger partial charge in [-0.05, 0) is 50.9 Å². The molecular formula is C22H37FN6O5. The molecule has 34 heavy (non-hydrogen) atoms. The Morgan fingerprint density at radius 3 is 2.35 bits per heavy atom. The van der Waals surface area contributed by atoms with Crippen LogP contribution in [0.2, 0.25) is 0 Å². The molecule has 2 unspecified atom stereocenters. The molecule has 1 heterocycles. The van der Waals surface area contributed by atoms with Crippen LogP contribution in [-0.2, 0) is 14.4 Å². The van der Waals surface area contributed by atoms with Crippen LogP contribution in [0.15, 0.2) is 0 Å². The van der Waals surface area contributed by atoms with Crippen LogP contribution in [0.5, 0.6) is 0 Å². The quantitative estimate of drug-likeness (QED) is 0.143. The van der Waals surface area contributed by atoms with Crippen LogP contribution in [-0.4, -0.2) is 77.5 Å². The van der Waals surface area contributed by atoms with Crippen LogP contribution in [0, 0.1) is 11.3 Å². The number of alkyl halides is 1. The van der Waals surface area contributed by atoms with Gasteiger partial charge in [-0.15, -0.1) is 0 Å². The maximum atomic E-state index is 13.5. The van der Waals surface area contributed by atoms with Crippen molar-refractivity contribution < 1.29 is 28.7 Å². The number of piperidine rings is 1. The number of Topliss-reactive ketones (excluding diaryl/α,β-unsaturated/α-hetero) is 1. The van der Waals surface area contributed by atoms with Crippen molar-refractivity contribution in [3.63, 3.8) is 0 Å². The summed E-state index contributed by atoms with van der Waals surface area (Å²) in [4.78, 5) is 51.5. The Morgan fingerprint density at radius 2 is 1.74 bits per heavy atom. The Balaban J connectivity index is 2.11. The minimum absolute atomic E-state index is 0.127. The van der Waals surface area contributed by atoms with E-state index in [0.717, 1.165) is 32.1 Å². The smallest absolute Gasteiger partial charge is 0.405 e. The maximum Gasteiger partial charge on any atom is 0.405 e. The lowest BCUT2D eigenvalue weighted by molar-refractivity contribution is -0.145. The average molecular weight is 485 g/mol. The summed E-state index contributed by atoms with van der Waals surface area (Å²) in [5.74, 6) is -2.09. The predicted octanol–water partition coefficient (Wildman–Crippen LogP) is 0.871. The first-order valence-corrected chi connectivity index (χ1v) is 12.0. The van der Waals surface area contributed by atoms with Crippen molar-refractivity contribution in [1.82, 2.24) is 20.9 Å². The highest BCUT2D eigenvalue weighted by molar-refractivity contribution is 5.94. The second-order valence-corrected chi connectivity index (χ2v) is 9.01. The summed E-state index contributed by atoms with van der Waals surface area (Å²) in [6.07, 6.45) is 5.37. The Morgan fingerprint density at radius 1 is 1.06 bits per heavy atom. The van der Waals surface area contributed by atoms with E-state index < -0.39 is 48.5 Å². The highest BCUT2D eigenvalue weighted by Crippen LogP contribution is 2.29. The summed E-state index contributed by atoms with van der Waals surface area (Å²) in [6, 6.07) is -2.84. The van der Waals surface area contributed by atoms with Gasteiger partial charge >= 0.3 is 6.09 Å². The Kier molecular flexibility index (Phi) is 11.0. The minimum Gasteiger partial charge on any atom is -0.465 e. The summed E-state index contributed by atoms with van der Waals surface area (Å²) in [5.41, 5.74) is 5.22. The van der Waals surface area contributed by atoms with Crippen LogP contribution in [0.25, 0.3) is 0 Å². The number of likely N-dealkylation sites (tertiary alicyclic amines) is 1. The molecule has 192 valence electrons. The topological polar surface area (TPSA) is 178 Å². The first-order chi connectivity index (χ1) is 16.2. The number of halogens is 1. The van der Waals surface area contributed by atoms with E-state index in [1.807, 2.05) is 0 Å². The van der Waals surface area contributed by atoms with E-state index in [1.165, 1.54) is 4.90 Å². The van der Waals surface area contributed by atoms with Gasteiger partial charge in [0.05, 0.1) is 6.04 Å². The summed E-state index contributed by atoms with van der Waals surface area (Å²) >= 11 is 0. The van der Waals surface area contributed by atoms with Crippen LogP contribution in [0.3, 0.4) is 0 Å². The normalized spacial score (nSPS) is 20.6. The molecule has 0 bridgehead atoms. The average Bonchev–Trinajstić information content (AvgIpc) is 2.83. The van der Waals surface area contributed by atoms with Crippen LogP contribution in [0.4, 0.5) is 9.18 Å². The molecule has 2 aliphatic rings.